The Bertz CT molecular complexity index is 547. The zero-order chi connectivity index (χ0) is 15.6. The zero-order valence-electron chi connectivity index (χ0n) is 12.8. The molecule has 1 aromatic carbocycles. The average molecular weight is 289 g/mol. The molecule has 0 aromatic heterocycles. The molecule has 114 valence electrons. The number of amides is 1. The van der Waals surface area contributed by atoms with E-state index < -0.39 is 11.4 Å². The van der Waals surface area contributed by atoms with Crippen LogP contribution in [0.25, 0.3) is 0 Å². The highest BCUT2D eigenvalue weighted by atomic mass is 16.4. The highest BCUT2D eigenvalue weighted by molar-refractivity contribution is 6.04. The SMILES string of the molecule is Cc1ccccc1C(CC(C)C)NC(=O)C1(C(=O)O)CC1. The van der Waals surface area contributed by atoms with Crippen LogP contribution in [-0.4, -0.2) is 17.0 Å². The van der Waals surface area contributed by atoms with Crippen LogP contribution in [0, 0.1) is 18.3 Å². The fourth-order valence-electron chi connectivity index (χ4n) is 2.67. The van der Waals surface area contributed by atoms with E-state index in [0.29, 0.717) is 18.8 Å². The number of aliphatic carboxylic acids is 1. The molecule has 0 radical (unpaired) electrons. The van der Waals surface area contributed by atoms with Crippen molar-refractivity contribution in [3.63, 3.8) is 0 Å². The van der Waals surface area contributed by atoms with Crippen LogP contribution >= 0.6 is 0 Å². The predicted octanol–water partition coefficient (Wildman–Crippen LogP) is 3.06. The first kappa shape index (κ1) is 15.5. The maximum absolute atomic E-state index is 12.4. The first-order chi connectivity index (χ1) is 9.86. The Kier molecular flexibility index (Phi) is 4.35. The summed E-state index contributed by atoms with van der Waals surface area (Å²) in [6.07, 6.45) is 1.68. The summed E-state index contributed by atoms with van der Waals surface area (Å²) in [5.41, 5.74) is 1.00. The van der Waals surface area contributed by atoms with Crippen LogP contribution in [0.1, 0.15) is 50.3 Å². The van der Waals surface area contributed by atoms with E-state index in [9.17, 15) is 14.7 Å². The van der Waals surface area contributed by atoms with E-state index in [2.05, 4.69) is 19.2 Å². The lowest BCUT2D eigenvalue weighted by Gasteiger charge is -2.24. The molecule has 1 unspecified atom stereocenters. The minimum Gasteiger partial charge on any atom is -0.480 e. The van der Waals surface area contributed by atoms with Crippen molar-refractivity contribution in [1.82, 2.24) is 5.32 Å². The third-order valence-electron chi connectivity index (χ3n) is 4.17. The molecule has 21 heavy (non-hydrogen) atoms. The maximum Gasteiger partial charge on any atom is 0.319 e. The standard InChI is InChI=1S/C17H23NO3/c1-11(2)10-14(13-7-5-4-6-12(13)3)18-15(19)17(8-9-17)16(20)21/h4-7,11,14H,8-10H2,1-3H3,(H,18,19)(H,20,21). The number of aryl methyl sites for hydroxylation is 1. The molecule has 0 saturated heterocycles. The van der Waals surface area contributed by atoms with Gasteiger partial charge in [-0.3, -0.25) is 9.59 Å². The molecule has 1 atom stereocenters. The number of carbonyl (C=O) groups is 2. The van der Waals surface area contributed by atoms with Gasteiger partial charge in [-0.2, -0.15) is 0 Å². The molecule has 1 saturated carbocycles. The fourth-order valence-corrected chi connectivity index (χ4v) is 2.67. The van der Waals surface area contributed by atoms with Crippen LogP contribution in [-0.2, 0) is 9.59 Å². The summed E-state index contributed by atoms with van der Waals surface area (Å²) < 4.78 is 0. The van der Waals surface area contributed by atoms with E-state index in [-0.39, 0.29) is 11.9 Å². The summed E-state index contributed by atoms with van der Waals surface area (Å²) in [4.78, 5) is 23.6. The molecule has 1 amide bonds. The molecule has 0 heterocycles. The van der Waals surface area contributed by atoms with Gasteiger partial charge < -0.3 is 10.4 Å². The summed E-state index contributed by atoms with van der Waals surface area (Å²) in [7, 11) is 0. The molecule has 2 rings (SSSR count). The van der Waals surface area contributed by atoms with E-state index >= 15 is 0 Å². The molecule has 1 aliphatic carbocycles. The normalized spacial score (nSPS) is 17.3. The molecule has 0 aliphatic heterocycles. The van der Waals surface area contributed by atoms with Gasteiger partial charge in [0.25, 0.3) is 0 Å². The third-order valence-corrected chi connectivity index (χ3v) is 4.17. The van der Waals surface area contributed by atoms with E-state index in [1.54, 1.807) is 0 Å². The second-order valence-electron chi connectivity index (χ2n) is 6.40. The minimum absolute atomic E-state index is 0.129. The summed E-state index contributed by atoms with van der Waals surface area (Å²) in [5.74, 6) is -0.938. The van der Waals surface area contributed by atoms with Crippen molar-refractivity contribution >= 4 is 11.9 Å². The Labute approximate surface area is 125 Å². The van der Waals surface area contributed by atoms with Crippen molar-refractivity contribution < 1.29 is 14.7 Å². The lowest BCUT2D eigenvalue weighted by Crippen LogP contribution is -2.39. The Hall–Kier alpha value is -1.84. The van der Waals surface area contributed by atoms with Gasteiger partial charge in [-0.15, -0.1) is 0 Å². The Morgan fingerprint density at radius 1 is 1.29 bits per heavy atom. The monoisotopic (exact) mass is 289 g/mol. The number of hydrogen-bond donors (Lipinski definition) is 2. The van der Waals surface area contributed by atoms with Crippen LogP contribution in [0.15, 0.2) is 24.3 Å². The molecule has 4 nitrogen and oxygen atoms in total. The second-order valence-corrected chi connectivity index (χ2v) is 6.40. The van der Waals surface area contributed by atoms with Crippen LogP contribution in [0.2, 0.25) is 0 Å². The van der Waals surface area contributed by atoms with Gasteiger partial charge in [0.15, 0.2) is 0 Å². The molecule has 4 heteroatoms. The zero-order valence-corrected chi connectivity index (χ0v) is 12.8. The van der Waals surface area contributed by atoms with Crippen LogP contribution in [0.5, 0.6) is 0 Å². The number of benzene rings is 1. The van der Waals surface area contributed by atoms with Crippen LogP contribution in [0.3, 0.4) is 0 Å². The number of rotatable bonds is 6. The van der Waals surface area contributed by atoms with Gasteiger partial charge >= 0.3 is 5.97 Å². The van der Waals surface area contributed by atoms with E-state index in [1.165, 1.54) is 0 Å². The first-order valence-electron chi connectivity index (χ1n) is 7.46. The Balaban J connectivity index is 2.20. The second kappa shape index (κ2) is 5.88. The van der Waals surface area contributed by atoms with E-state index in [4.69, 9.17) is 0 Å². The topological polar surface area (TPSA) is 66.4 Å². The van der Waals surface area contributed by atoms with E-state index in [0.717, 1.165) is 17.5 Å². The molecule has 1 fully saturated rings. The number of carbonyl (C=O) groups excluding carboxylic acids is 1. The van der Waals surface area contributed by atoms with Gasteiger partial charge in [-0.1, -0.05) is 38.1 Å². The summed E-state index contributed by atoms with van der Waals surface area (Å²) in [6.45, 7) is 6.21. The Morgan fingerprint density at radius 3 is 2.38 bits per heavy atom. The highest BCUT2D eigenvalue weighted by Gasteiger charge is 2.57. The van der Waals surface area contributed by atoms with Gasteiger partial charge in [-0.25, -0.2) is 0 Å². The van der Waals surface area contributed by atoms with Gasteiger partial charge in [0.2, 0.25) is 5.91 Å². The van der Waals surface area contributed by atoms with Gasteiger partial charge in [0, 0.05) is 0 Å². The van der Waals surface area contributed by atoms with Gasteiger partial charge in [0.1, 0.15) is 5.41 Å². The van der Waals surface area contributed by atoms with Crippen LogP contribution in [0.4, 0.5) is 0 Å². The van der Waals surface area contributed by atoms with Crippen molar-refractivity contribution in [3.8, 4) is 0 Å². The average Bonchev–Trinajstić information content (AvgIpc) is 3.19. The van der Waals surface area contributed by atoms with Crippen LogP contribution < -0.4 is 5.32 Å². The lowest BCUT2D eigenvalue weighted by atomic mass is 9.93. The molecular weight excluding hydrogens is 266 g/mol. The first-order valence-corrected chi connectivity index (χ1v) is 7.46. The van der Waals surface area contributed by atoms with Crippen molar-refractivity contribution in [2.24, 2.45) is 11.3 Å². The van der Waals surface area contributed by atoms with Crippen molar-refractivity contribution in [2.45, 2.75) is 46.1 Å². The van der Waals surface area contributed by atoms with Gasteiger partial charge in [-0.05, 0) is 43.2 Å². The summed E-state index contributed by atoms with van der Waals surface area (Å²) >= 11 is 0. The highest BCUT2D eigenvalue weighted by Crippen LogP contribution is 2.46. The summed E-state index contributed by atoms with van der Waals surface area (Å²) in [6, 6.07) is 7.80. The number of nitrogens with one attached hydrogen (secondary N) is 1. The largest absolute Gasteiger partial charge is 0.480 e. The van der Waals surface area contributed by atoms with Gasteiger partial charge in [0.05, 0.1) is 6.04 Å². The summed E-state index contributed by atoms with van der Waals surface area (Å²) in [5, 5.41) is 12.2. The Morgan fingerprint density at radius 2 is 1.90 bits per heavy atom. The van der Waals surface area contributed by atoms with Crippen molar-refractivity contribution in [3.05, 3.63) is 35.4 Å². The lowest BCUT2D eigenvalue weighted by molar-refractivity contribution is -0.149. The van der Waals surface area contributed by atoms with Crippen molar-refractivity contribution in [2.75, 3.05) is 0 Å². The minimum atomic E-state index is -1.18. The number of hydrogen-bond acceptors (Lipinski definition) is 2. The smallest absolute Gasteiger partial charge is 0.319 e. The quantitative estimate of drug-likeness (QED) is 0.791. The van der Waals surface area contributed by atoms with Crippen molar-refractivity contribution in [1.29, 1.82) is 0 Å². The molecule has 1 aromatic rings. The van der Waals surface area contributed by atoms with E-state index in [1.807, 2.05) is 31.2 Å². The molecule has 2 N–H and O–H groups in total. The number of carboxylic acid groups (broad SMARTS) is 1. The molecule has 0 spiro atoms. The molecule has 0 bridgehead atoms. The number of carboxylic acids is 1. The maximum atomic E-state index is 12.4. The predicted molar refractivity (Wildman–Crippen MR) is 80.8 cm³/mol. The fraction of sp³-hybridized carbons (Fsp3) is 0.529. The molecule has 1 aliphatic rings. The third kappa shape index (κ3) is 3.26. The molecular formula is C17H23NO3.